The van der Waals surface area contributed by atoms with Crippen LogP contribution in [0.15, 0.2) is 0 Å². The van der Waals surface area contributed by atoms with E-state index >= 15 is 0 Å². The van der Waals surface area contributed by atoms with Crippen LogP contribution in [0.3, 0.4) is 0 Å². The Morgan fingerprint density at radius 1 is 1.44 bits per heavy atom. The molecule has 1 saturated heterocycles. The molecule has 1 aromatic rings. The minimum atomic E-state index is 0.363. The predicted molar refractivity (Wildman–Crippen MR) is 70.2 cm³/mol. The Morgan fingerprint density at radius 3 is 2.72 bits per heavy atom. The zero-order valence-corrected chi connectivity index (χ0v) is 11.1. The summed E-state index contributed by atoms with van der Waals surface area (Å²) in [7, 11) is 0. The summed E-state index contributed by atoms with van der Waals surface area (Å²) in [5.41, 5.74) is 8.12. The number of aromatic nitrogens is 2. The number of nitrogens with two attached hydrogens (primary N) is 1. The summed E-state index contributed by atoms with van der Waals surface area (Å²) in [4.78, 5) is 2.16. The topological polar surface area (TPSA) is 78.8 Å². The average molecular weight is 245 g/mol. The van der Waals surface area contributed by atoms with Crippen molar-refractivity contribution in [3.8, 4) is 6.07 Å². The molecule has 18 heavy (non-hydrogen) atoms. The maximum atomic E-state index is 9.32. The highest BCUT2D eigenvalue weighted by Crippen LogP contribution is 2.30. The molecular weight excluding hydrogens is 226 g/mol. The van der Waals surface area contributed by atoms with Crippen molar-refractivity contribution >= 4 is 5.82 Å². The Balaban J connectivity index is 2.41. The second-order valence-corrected chi connectivity index (χ2v) is 5.06. The molecule has 0 radical (unpaired) electrons. The molecule has 1 fully saturated rings. The van der Waals surface area contributed by atoms with Gasteiger partial charge in [-0.05, 0) is 45.2 Å². The molecule has 2 rings (SSSR count). The van der Waals surface area contributed by atoms with E-state index in [-0.39, 0.29) is 0 Å². The summed E-state index contributed by atoms with van der Waals surface area (Å²) >= 11 is 0. The van der Waals surface area contributed by atoms with Crippen LogP contribution in [0.25, 0.3) is 0 Å². The van der Waals surface area contributed by atoms with Crippen molar-refractivity contribution in [2.45, 2.75) is 33.2 Å². The minimum Gasteiger partial charge on any atom is -0.351 e. The third-order valence-corrected chi connectivity index (χ3v) is 3.81. The highest BCUT2D eigenvalue weighted by Gasteiger charge is 2.31. The minimum absolute atomic E-state index is 0.363. The summed E-state index contributed by atoms with van der Waals surface area (Å²) in [5, 5.41) is 17.7. The third kappa shape index (κ3) is 2.04. The van der Waals surface area contributed by atoms with Gasteiger partial charge in [-0.15, -0.1) is 5.10 Å². The molecule has 0 bridgehead atoms. The third-order valence-electron chi connectivity index (χ3n) is 3.81. The van der Waals surface area contributed by atoms with Crippen LogP contribution in [0.1, 0.15) is 30.2 Å². The van der Waals surface area contributed by atoms with Gasteiger partial charge in [-0.1, -0.05) is 0 Å². The summed E-state index contributed by atoms with van der Waals surface area (Å²) in [5.74, 6) is 1.19. The van der Waals surface area contributed by atoms with Crippen molar-refractivity contribution in [1.82, 2.24) is 10.2 Å². The van der Waals surface area contributed by atoms with Crippen LogP contribution in [0.2, 0.25) is 0 Å². The van der Waals surface area contributed by atoms with Crippen LogP contribution in [0, 0.1) is 31.1 Å². The van der Waals surface area contributed by atoms with Crippen LogP contribution >= 0.6 is 0 Å². The Kier molecular flexibility index (Phi) is 3.48. The number of hydrogen-bond acceptors (Lipinski definition) is 5. The molecular formula is C13H19N5. The fourth-order valence-electron chi connectivity index (χ4n) is 2.54. The molecule has 0 amide bonds. The Bertz CT molecular complexity index is 491. The highest BCUT2D eigenvalue weighted by molar-refractivity contribution is 5.58. The molecule has 96 valence electrons. The van der Waals surface area contributed by atoms with E-state index < -0.39 is 0 Å². The number of hydrogen-bond donors (Lipinski definition) is 1. The molecule has 5 heteroatoms. The number of nitrogens with zero attached hydrogens (tertiary/aromatic N) is 4. The van der Waals surface area contributed by atoms with Crippen molar-refractivity contribution < 1.29 is 0 Å². The maximum absolute atomic E-state index is 9.32. The van der Waals surface area contributed by atoms with Crippen LogP contribution in [-0.2, 0) is 0 Å². The zero-order chi connectivity index (χ0) is 13.3. The standard InChI is InChI=1S/C13H19N5/c1-8-4-11(5-14)7-18(8)13-12(6-15)9(2)10(3)16-17-13/h8,11H,4-5,7,14H2,1-3H3. The van der Waals surface area contributed by atoms with Gasteiger partial charge in [0.1, 0.15) is 11.6 Å². The molecule has 1 aromatic heterocycles. The highest BCUT2D eigenvalue weighted by atomic mass is 15.3. The van der Waals surface area contributed by atoms with E-state index in [9.17, 15) is 5.26 Å². The van der Waals surface area contributed by atoms with Gasteiger partial charge >= 0.3 is 0 Å². The van der Waals surface area contributed by atoms with Gasteiger partial charge < -0.3 is 10.6 Å². The number of rotatable bonds is 2. The Hall–Kier alpha value is -1.67. The van der Waals surface area contributed by atoms with E-state index in [1.54, 1.807) is 0 Å². The lowest BCUT2D eigenvalue weighted by Gasteiger charge is -2.23. The molecule has 1 aliphatic heterocycles. The first-order chi connectivity index (χ1) is 8.58. The lowest BCUT2D eigenvalue weighted by Crippen LogP contribution is -2.30. The Labute approximate surface area is 108 Å². The number of nitriles is 1. The average Bonchev–Trinajstić information content (AvgIpc) is 2.74. The van der Waals surface area contributed by atoms with E-state index in [0.717, 1.165) is 24.2 Å². The molecule has 0 saturated carbocycles. The summed E-state index contributed by atoms with van der Waals surface area (Å²) < 4.78 is 0. The van der Waals surface area contributed by atoms with E-state index in [0.29, 0.717) is 29.9 Å². The van der Waals surface area contributed by atoms with E-state index in [2.05, 4.69) is 28.1 Å². The van der Waals surface area contributed by atoms with Crippen molar-refractivity contribution in [3.63, 3.8) is 0 Å². The zero-order valence-electron chi connectivity index (χ0n) is 11.1. The van der Waals surface area contributed by atoms with E-state index in [1.807, 2.05) is 13.8 Å². The molecule has 0 aliphatic carbocycles. The predicted octanol–water partition coefficient (Wildman–Crippen LogP) is 1.14. The molecule has 2 unspecified atom stereocenters. The van der Waals surface area contributed by atoms with Gasteiger partial charge in [0, 0.05) is 12.6 Å². The maximum Gasteiger partial charge on any atom is 0.169 e. The first kappa shape index (κ1) is 12.8. The first-order valence-corrected chi connectivity index (χ1v) is 6.29. The van der Waals surface area contributed by atoms with E-state index in [4.69, 9.17) is 5.73 Å². The molecule has 2 heterocycles. The second-order valence-electron chi connectivity index (χ2n) is 5.06. The largest absolute Gasteiger partial charge is 0.351 e. The number of aryl methyl sites for hydroxylation is 1. The summed E-state index contributed by atoms with van der Waals surface area (Å²) in [6.07, 6.45) is 1.05. The van der Waals surface area contributed by atoms with Gasteiger partial charge in [0.2, 0.25) is 0 Å². The Morgan fingerprint density at radius 2 is 2.17 bits per heavy atom. The fraction of sp³-hybridized carbons (Fsp3) is 0.615. The van der Waals surface area contributed by atoms with E-state index in [1.165, 1.54) is 0 Å². The lowest BCUT2D eigenvalue weighted by molar-refractivity contribution is 0.579. The van der Waals surface area contributed by atoms with Crippen LogP contribution in [0.4, 0.5) is 5.82 Å². The van der Waals surface area contributed by atoms with Gasteiger partial charge in [0.25, 0.3) is 0 Å². The fourth-order valence-corrected chi connectivity index (χ4v) is 2.54. The van der Waals surface area contributed by atoms with Gasteiger partial charge in [-0.25, -0.2) is 0 Å². The monoisotopic (exact) mass is 245 g/mol. The normalized spacial score (nSPS) is 23.2. The smallest absolute Gasteiger partial charge is 0.169 e. The summed E-state index contributed by atoms with van der Waals surface area (Å²) in [6.45, 7) is 7.49. The molecule has 2 N–H and O–H groups in total. The summed E-state index contributed by atoms with van der Waals surface area (Å²) in [6, 6.07) is 2.62. The van der Waals surface area contributed by atoms with Crippen LogP contribution in [0.5, 0.6) is 0 Å². The van der Waals surface area contributed by atoms with Gasteiger partial charge in [-0.3, -0.25) is 0 Å². The van der Waals surface area contributed by atoms with Crippen molar-refractivity contribution in [1.29, 1.82) is 5.26 Å². The molecule has 0 spiro atoms. The lowest BCUT2D eigenvalue weighted by atomic mass is 10.1. The van der Waals surface area contributed by atoms with Crippen molar-refractivity contribution in [2.24, 2.45) is 11.7 Å². The SMILES string of the molecule is Cc1nnc(N2CC(CN)CC2C)c(C#N)c1C. The van der Waals surface area contributed by atoms with Crippen molar-refractivity contribution in [3.05, 3.63) is 16.8 Å². The molecule has 0 aromatic carbocycles. The van der Waals surface area contributed by atoms with Crippen LogP contribution < -0.4 is 10.6 Å². The molecule has 2 atom stereocenters. The molecule has 5 nitrogen and oxygen atoms in total. The van der Waals surface area contributed by atoms with Crippen molar-refractivity contribution in [2.75, 3.05) is 18.0 Å². The second kappa shape index (κ2) is 4.91. The first-order valence-electron chi connectivity index (χ1n) is 6.29. The van der Waals surface area contributed by atoms with Crippen LogP contribution in [-0.4, -0.2) is 29.3 Å². The quantitative estimate of drug-likeness (QED) is 0.845. The number of anilines is 1. The van der Waals surface area contributed by atoms with Gasteiger partial charge in [0.15, 0.2) is 5.82 Å². The van der Waals surface area contributed by atoms with Gasteiger partial charge in [0.05, 0.1) is 5.69 Å². The van der Waals surface area contributed by atoms with Gasteiger partial charge in [-0.2, -0.15) is 10.4 Å². The molecule has 1 aliphatic rings.